The second kappa shape index (κ2) is 5.43. The van der Waals surface area contributed by atoms with Crippen molar-refractivity contribution in [2.45, 2.75) is 4.90 Å². The lowest BCUT2D eigenvalue weighted by Crippen LogP contribution is -2.12. The zero-order chi connectivity index (χ0) is 14.9. The highest BCUT2D eigenvalue weighted by atomic mass is 35.5. The van der Waals surface area contributed by atoms with Crippen molar-refractivity contribution in [1.29, 1.82) is 0 Å². The van der Waals surface area contributed by atoms with Gasteiger partial charge in [-0.2, -0.15) is 0 Å². The summed E-state index contributed by atoms with van der Waals surface area (Å²) < 4.78 is 23.4. The number of oxime groups is 1. The predicted octanol–water partition coefficient (Wildman–Crippen LogP) is 2.14. The van der Waals surface area contributed by atoms with E-state index in [4.69, 9.17) is 16.8 Å². The second-order valence-corrected chi connectivity index (χ2v) is 7.18. The molecule has 1 aromatic carbocycles. The molecule has 0 spiro atoms. The first-order valence-electron chi connectivity index (χ1n) is 5.11. The molecule has 20 heavy (non-hydrogen) atoms. The SMILES string of the molecule is O=[N+]([O-])C1=C(Sc2ccc(Cl)cc2)/C(=N\O)S(=O)(=O)C1. The van der Waals surface area contributed by atoms with E-state index in [9.17, 15) is 18.5 Å². The molecule has 1 aliphatic rings. The van der Waals surface area contributed by atoms with E-state index >= 15 is 0 Å². The maximum atomic E-state index is 11.7. The van der Waals surface area contributed by atoms with Gasteiger partial charge in [-0.15, -0.1) is 0 Å². The highest BCUT2D eigenvalue weighted by molar-refractivity contribution is 8.13. The van der Waals surface area contributed by atoms with E-state index in [1.165, 1.54) is 0 Å². The molecule has 10 heteroatoms. The molecular weight excluding hydrogens is 328 g/mol. The Morgan fingerprint density at radius 1 is 1.35 bits per heavy atom. The Kier molecular flexibility index (Phi) is 4.02. The number of nitro groups is 1. The summed E-state index contributed by atoms with van der Waals surface area (Å²) in [4.78, 5) is 10.5. The molecule has 106 valence electrons. The Morgan fingerprint density at radius 2 is 1.95 bits per heavy atom. The van der Waals surface area contributed by atoms with E-state index in [0.717, 1.165) is 11.8 Å². The number of halogens is 1. The predicted molar refractivity (Wildman–Crippen MR) is 74.3 cm³/mol. The summed E-state index contributed by atoms with van der Waals surface area (Å²) >= 11 is 6.56. The van der Waals surface area contributed by atoms with Gasteiger partial charge in [0.2, 0.25) is 14.9 Å². The number of hydrogen-bond donors (Lipinski definition) is 1. The van der Waals surface area contributed by atoms with Crippen molar-refractivity contribution in [3.05, 3.63) is 50.0 Å². The number of thioether (sulfide) groups is 1. The Morgan fingerprint density at radius 3 is 2.45 bits per heavy atom. The fourth-order valence-electron chi connectivity index (χ4n) is 1.54. The van der Waals surface area contributed by atoms with Crippen LogP contribution in [0.15, 0.2) is 44.9 Å². The Labute approximate surface area is 123 Å². The lowest BCUT2D eigenvalue weighted by molar-refractivity contribution is -0.423. The molecular formula is C10H7ClN2O5S2. The van der Waals surface area contributed by atoms with Gasteiger partial charge in [0, 0.05) is 9.92 Å². The van der Waals surface area contributed by atoms with Crippen LogP contribution in [0.4, 0.5) is 0 Å². The van der Waals surface area contributed by atoms with Gasteiger partial charge in [-0.25, -0.2) is 8.42 Å². The van der Waals surface area contributed by atoms with Crippen molar-refractivity contribution >= 4 is 38.2 Å². The quantitative estimate of drug-likeness (QED) is 0.515. The van der Waals surface area contributed by atoms with E-state index in [1.807, 2.05) is 0 Å². The molecule has 0 atom stereocenters. The minimum atomic E-state index is -3.97. The molecule has 2 rings (SSSR count). The normalized spacial score (nSPS) is 19.6. The summed E-state index contributed by atoms with van der Waals surface area (Å²) in [5.41, 5.74) is -0.502. The van der Waals surface area contributed by atoms with E-state index in [-0.39, 0.29) is 4.91 Å². The lowest BCUT2D eigenvalue weighted by Gasteiger charge is -2.02. The highest BCUT2D eigenvalue weighted by Crippen LogP contribution is 2.37. The molecule has 0 amide bonds. The monoisotopic (exact) mass is 334 g/mol. The minimum Gasteiger partial charge on any atom is -0.410 e. The molecule has 1 aliphatic heterocycles. The second-order valence-electron chi connectivity index (χ2n) is 3.75. The summed E-state index contributed by atoms with van der Waals surface area (Å²) in [6.45, 7) is 0. The number of rotatable bonds is 3. The van der Waals surface area contributed by atoms with Crippen LogP contribution in [0, 0.1) is 10.1 Å². The third-order valence-electron chi connectivity index (χ3n) is 2.42. The minimum absolute atomic E-state index is 0.181. The first-order chi connectivity index (χ1) is 9.35. The molecule has 0 saturated heterocycles. The molecule has 7 nitrogen and oxygen atoms in total. The van der Waals surface area contributed by atoms with Crippen molar-refractivity contribution in [3.8, 4) is 0 Å². The topological polar surface area (TPSA) is 110 Å². The van der Waals surface area contributed by atoms with Gasteiger partial charge in [-0.1, -0.05) is 28.5 Å². The molecule has 1 N–H and O–H groups in total. The maximum absolute atomic E-state index is 11.7. The first-order valence-corrected chi connectivity index (χ1v) is 7.96. The summed E-state index contributed by atoms with van der Waals surface area (Å²) in [6, 6.07) is 6.29. The van der Waals surface area contributed by atoms with Crippen LogP contribution in [0.1, 0.15) is 0 Å². The molecule has 1 heterocycles. The fraction of sp³-hybridized carbons (Fsp3) is 0.100. The Bertz CT molecular complexity index is 725. The maximum Gasteiger partial charge on any atom is 0.278 e. The van der Waals surface area contributed by atoms with E-state index in [1.54, 1.807) is 24.3 Å². The zero-order valence-electron chi connectivity index (χ0n) is 9.69. The third-order valence-corrected chi connectivity index (χ3v) is 5.47. The summed E-state index contributed by atoms with van der Waals surface area (Å²) in [5, 5.41) is 22.2. The summed E-state index contributed by atoms with van der Waals surface area (Å²) in [5.74, 6) is -0.782. The Hall–Kier alpha value is -1.58. The van der Waals surface area contributed by atoms with Crippen molar-refractivity contribution in [1.82, 2.24) is 0 Å². The summed E-state index contributed by atoms with van der Waals surface area (Å²) in [7, 11) is -3.97. The highest BCUT2D eigenvalue weighted by Gasteiger charge is 2.43. The molecule has 0 aliphatic carbocycles. The fourth-order valence-corrected chi connectivity index (χ4v) is 4.44. The van der Waals surface area contributed by atoms with Crippen LogP contribution in [-0.4, -0.2) is 29.3 Å². The van der Waals surface area contributed by atoms with Gasteiger partial charge in [-0.05, 0) is 24.3 Å². The van der Waals surface area contributed by atoms with Gasteiger partial charge in [0.25, 0.3) is 5.70 Å². The van der Waals surface area contributed by atoms with Crippen molar-refractivity contribution in [2.75, 3.05) is 5.75 Å². The van der Waals surface area contributed by atoms with Crippen LogP contribution >= 0.6 is 23.4 Å². The first kappa shape index (κ1) is 14.8. The molecule has 0 radical (unpaired) electrons. The number of benzene rings is 1. The number of nitrogens with zero attached hydrogens (tertiary/aromatic N) is 2. The van der Waals surface area contributed by atoms with Crippen LogP contribution in [-0.2, 0) is 9.84 Å². The van der Waals surface area contributed by atoms with Gasteiger partial charge in [0.15, 0.2) is 0 Å². The van der Waals surface area contributed by atoms with Crippen LogP contribution < -0.4 is 0 Å². The largest absolute Gasteiger partial charge is 0.410 e. The smallest absolute Gasteiger partial charge is 0.278 e. The van der Waals surface area contributed by atoms with Crippen LogP contribution in [0.3, 0.4) is 0 Å². The van der Waals surface area contributed by atoms with E-state index in [0.29, 0.717) is 9.92 Å². The average Bonchev–Trinajstić information content (AvgIpc) is 2.63. The van der Waals surface area contributed by atoms with Crippen LogP contribution in [0.25, 0.3) is 0 Å². The van der Waals surface area contributed by atoms with E-state index in [2.05, 4.69) is 5.16 Å². The molecule has 0 aromatic heterocycles. The number of hydrogen-bond acceptors (Lipinski definition) is 7. The molecule has 0 saturated carbocycles. The van der Waals surface area contributed by atoms with Crippen LogP contribution in [0.5, 0.6) is 0 Å². The number of sulfone groups is 1. The standard InChI is InChI=1S/C10H7ClN2O5S2/c11-6-1-3-7(4-2-6)19-9-8(13(15)16)5-20(17,18)10(9)12-14/h1-4,14H,5H2/b12-10+. The van der Waals surface area contributed by atoms with Gasteiger partial charge >= 0.3 is 0 Å². The van der Waals surface area contributed by atoms with Gasteiger partial charge < -0.3 is 5.21 Å². The molecule has 0 unspecified atom stereocenters. The van der Waals surface area contributed by atoms with Crippen molar-refractivity contribution in [3.63, 3.8) is 0 Å². The van der Waals surface area contributed by atoms with Crippen molar-refractivity contribution < 1.29 is 18.5 Å². The van der Waals surface area contributed by atoms with E-state index < -0.39 is 31.3 Å². The van der Waals surface area contributed by atoms with Gasteiger partial charge in [0.1, 0.15) is 10.7 Å². The Balaban J connectivity index is 2.47. The van der Waals surface area contributed by atoms with Gasteiger partial charge in [-0.3, -0.25) is 10.1 Å². The average molecular weight is 335 g/mol. The lowest BCUT2D eigenvalue weighted by atomic mass is 10.4. The molecule has 0 bridgehead atoms. The van der Waals surface area contributed by atoms with Crippen molar-refractivity contribution in [2.24, 2.45) is 5.16 Å². The molecule has 1 aromatic rings. The van der Waals surface area contributed by atoms with Gasteiger partial charge in [0.05, 0.1) is 4.92 Å². The summed E-state index contributed by atoms with van der Waals surface area (Å²) in [6.07, 6.45) is 0. The molecule has 0 fully saturated rings. The van der Waals surface area contributed by atoms with Crippen LogP contribution in [0.2, 0.25) is 5.02 Å². The zero-order valence-corrected chi connectivity index (χ0v) is 12.1. The third kappa shape index (κ3) is 2.79.